The van der Waals surface area contributed by atoms with Crippen LogP contribution in [0.15, 0.2) is 71.7 Å². The number of hydrogen-bond donors (Lipinski definition) is 5. The number of fused-ring (bicyclic) bond motifs is 1. The van der Waals surface area contributed by atoms with E-state index >= 15 is 4.79 Å². The number of aromatic nitrogens is 1. The van der Waals surface area contributed by atoms with Crippen molar-refractivity contribution in [1.29, 1.82) is 10.8 Å². The molecule has 0 bridgehead atoms. The van der Waals surface area contributed by atoms with Crippen molar-refractivity contribution in [1.82, 2.24) is 20.5 Å². The zero-order chi connectivity index (χ0) is 42.0. The number of guanidine groups is 1. The lowest BCUT2D eigenvalue weighted by atomic mass is 9.69. The molecule has 304 valence electrons. The van der Waals surface area contributed by atoms with Gasteiger partial charge < -0.3 is 20.7 Å². The lowest BCUT2D eigenvalue weighted by molar-refractivity contribution is -0.164. The molecule has 1 aliphatic heterocycles. The van der Waals surface area contributed by atoms with Crippen molar-refractivity contribution in [2.75, 3.05) is 11.9 Å². The average molecular weight is 823 g/mol. The molecule has 3 aromatic rings. The molecule has 1 saturated heterocycles. The number of pyridine rings is 1. The van der Waals surface area contributed by atoms with Crippen LogP contribution in [0, 0.1) is 34.0 Å². The van der Waals surface area contributed by atoms with E-state index in [1.54, 1.807) is 12.1 Å². The molecule has 3 atom stereocenters. The van der Waals surface area contributed by atoms with Gasteiger partial charge in [0.15, 0.2) is 11.8 Å². The highest BCUT2D eigenvalue weighted by Crippen LogP contribution is 2.49. The third-order valence-electron chi connectivity index (χ3n) is 10.0. The molecule has 3 aliphatic rings. The molecule has 2 aromatic carbocycles. The van der Waals surface area contributed by atoms with Crippen LogP contribution in [0.3, 0.4) is 0 Å². The van der Waals surface area contributed by atoms with E-state index in [4.69, 9.17) is 26.7 Å². The Morgan fingerprint density at radius 1 is 1.14 bits per heavy atom. The molecular formula is C41H40ClF5N8O3. The van der Waals surface area contributed by atoms with Gasteiger partial charge in [0.25, 0.3) is 12.3 Å². The van der Waals surface area contributed by atoms with Crippen molar-refractivity contribution in [2.45, 2.75) is 76.2 Å². The zero-order valence-electron chi connectivity index (χ0n) is 31.6. The van der Waals surface area contributed by atoms with Crippen LogP contribution in [0.25, 0.3) is 6.08 Å². The molecule has 2 amide bonds. The molecule has 1 unspecified atom stereocenters. The summed E-state index contributed by atoms with van der Waals surface area (Å²) in [6.45, 7) is 5.06. The summed E-state index contributed by atoms with van der Waals surface area (Å²) in [5.41, 5.74) is -1.50. The van der Waals surface area contributed by atoms with Gasteiger partial charge in [0.2, 0.25) is 0 Å². The van der Waals surface area contributed by atoms with Gasteiger partial charge in [-0.05, 0) is 84.6 Å². The van der Waals surface area contributed by atoms with Crippen molar-refractivity contribution < 1.29 is 36.3 Å². The first-order chi connectivity index (χ1) is 27.3. The number of amides is 2. The molecule has 6 rings (SSSR count). The number of rotatable bonds is 10. The van der Waals surface area contributed by atoms with E-state index in [9.17, 15) is 32.2 Å². The number of alkyl carbamates (subject to hydrolysis) is 1. The fraction of sp³-hybridized carbons (Fsp3) is 0.366. The van der Waals surface area contributed by atoms with Gasteiger partial charge >= 0.3 is 12.3 Å². The number of anilines is 1. The first-order valence-electron chi connectivity index (χ1n) is 18.2. The highest BCUT2D eigenvalue weighted by molar-refractivity contribution is 6.33. The molecule has 0 spiro atoms. The summed E-state index contributed by atoms with van der Waals surface area (Å²) in [5, 5.41) is 23.7. The molecule has 1 aromatic heterocycles. The fourth-order valence-corrected chi connectivity index (χ4v) is 7.35. The predicted octanol–water partition coefficient (Wildman–Crippen LogP) is 8.11. The number of alkyl halides is 5. The van der Waals surface area contributed by atoms with Crippen molar-refractivity contribution in [3.63, 3.8) is 0 Å². The third-order valence-corrected chi connectivity index (χ3v) is 10.4. The Morgan fingerprint density at radius 2 is 1.86 bits per heavy atom. The van der Waals surface area contributed by atoms with E-state index in [0.29, 0.717) is 24.1 Å². The molecule has 2 aliphatic carbocycles. The SMILES string of the molecule is CC(C)(C)C[C@]1(C2C=Cc3nc(C#Cc4ccccc4)ccc3C2)NC(=N)N([C@H](COC(=O)NC2(C(F)(F)F)CC2)c2ccc(Cl)c(N/C(=N\C=N)C(F)F)c2)C1=O. The summed E-state index contributed by atoms with van der Waals surface area (Å²) in [6.07, 6.45) is -5.34. The van der Waals surface area contributed by atoms with Gasteiger partial charge in [0, 0.05) is 11.5 Å². The van der Waals surface area contributed by atoms with Crippen molar-refractivity contribution >= 4 is 53.5 Å². The van der Waals surface area contributed by atoms with Crippen LogP contribution in [0.2, 0.25) is 5.02 Å². The van der Waals surface area contributed by atoms with Crippen molar-refractivity contribution in [3.8, 4) is 11.8 Å². The molecule has 5 N–H and O–H groups in total. The van der Waals surface area contributed by atoms with Crippen LogP contribution in [0.4, 0.5) is 32.4 Å². The van der Waals surface area contributed by atoms with Crippen molar-refractivity contribution in [3.05, 3.63) is 99.8 Å². The Hall–Kier alpha value is -5.82. The first-order valence-corrected chi connectivity index (χ1v) is 18.6. The smallest absolute Gasteiger partial charge is 0.411 e. The summed E-state index contributed by atoms with van der Waals surface area (Å²) >= 11 is 6.36. The minimum absolute atomic E-state index is 0.0582. The van der Waals surface area contributed by atoms with E-state index in [-0.39, 0.29) is 41.5 Å². The third kappa shape index (κ3) is 8.99. The van der Waals surface area contributed by atoms with Crippen molar-refractivity contribution in [2.24, 2.45) is 16.3 Å². The molecule has 11 nitrogen and oxygen atoms in total. The quantitative estimate of drug-likeness (QED) is 0.0603. The Bertz CT molecular complexity index is 2230. The monoisotopic (exact) mass is 822 g/mol. The van der Waals surface area contributed by atoms with Crippen LogP contribution in [0.1, 0.15) is 74.2 Å². The normalized spacial score (nSPS) is 20.4. The Kier molecular flexibility index (Phi) is 11.7. The average Bonchev–Trinajstić information content (AvgIpc) is 3.91. The number of aliphatic imine (C=N–C) groups is 1. The summed E-state index contributed by atoms with van der Waals surface area (Å²) in [4.78, 5) is 37.1. The number of hydrogen-bond acceptors (Lipinski definition) is 6. The van der Waals surface area contributed by atoms with Gasteiger partial charge in [-0.2, -0.15) is 13.2 Å². The lowest BCUT2D eigenvalue weighted by Crippen LogP contribution is -2.56. The molecule has 17 heteroatoms. The van der Waals surface area contributed by atoms with E-state index in [2.05, 4.69) is 27.5 Å². The van der Waals surface area contributed by atoms with Crippen LogP contribution < -0.4 is 16.0 Å². The topological polar surface area (TPSA) is 156 Å². The van der Waals surface area contributed by atoms with Gasteiger partial charge in [-0.3, -0.25) is 20.5 Å². The number of amidine groups is 1. The summed E-state index contributed by atoms with van der Waals surface area (Å²) in [7, 11) is 0. The van der Waals surface area contributed by atoms with Gasteiger partial charge in [-0.15, -0.1) is 0 Å². The van der Waals surface area contributed by atoms with Crippen LogP contribution in [-0.4, -0.2) is 70.3 Å². The first kappa shape index (κ1) is 41.8. The Balaban J connectivity index is 1.35. The van der Waals surface area contributed by atoms with Gasteiger partial charge in [0.05, 0.1) is 22.4 Å². The molecule has 0 radical (unpaired) electrons. The van der Waals surface area contributed by atoms with E-state index in [0.717, 1.165) is 16.0 Å². The number of ether oxygens (including phenoxy) is 1. The predicted molar refractivity (Wildman–Crippen MR) is 210 cm³/mol. The van der Waals surface area contributed by atoms with Crippen LogP contribution in [0.5, 0.6) is 0 Å². The van der Waals surface area contributed by atoms with Crippen LogP contribution in [-0.2, 0) is 16.0 Å². The maximum atomic E-state index is 15.1. The molecule has 2 fully saturated rings. The van der Waals surface area contributed by atoms with Gasteiger partial charge in [0.1, 0.15) is 29.7 Å². The zero-order valence-corrected chi connectivity index (χ0v) is 32.4. The lowest BCUT2D eigenvalue weighted by Gasteiger charge is -2.40. The maximum Gasteiger partial charge on any atom is 0.411 e. The summed E-state index contributed by atoms with van der Waals surface area (Å²) in [5.74, 6) is 3.74. The molecule has 1 saturated carbocycles. The Labute approximate surface area is 336 Å². The van der Waals surface area contributed by atoms with Gasteiger partial charge in [-0.1, -0.05) is 74.7 Å². The summed E-state index contributed by atoms with van der Waals surface area (Å²) in [6, 6.07) is 15.8. The summed E-state index contributed by atoms with van der Waals surface area (Å²) < 4.78 is 74.0. The minimum atomic E-state index is -4.73. The Morgan fingerprint density at radius 3 is 2.50 bits per heavy atom. The highest BCUT2D eigenvalue weighted by atomic mass is 35.5. The number of benzene rings is 2. The largest absolute Gasteiger partial charge is 0.447 e. The highest BCUT2D eigenvalue weighted by Gasteiger charge is 2.65. The standard InChI is InChI=1S/C41H40ClF5N8O3/c1-38(2,3)22-40(27-12-16-30-25(19-27)10-14-28(51-30)13-9-24-7-5-4-6-8-24)35(56)55(36(49)53-40)32(21-58-37(57)54-39(17-18-39)41(45,46)47)26-11-15-29(42)31(20-26)52-34(33(43)44)50-23-48/h4-8,10-12,14-16,20,23,27,32-33H,17-19,21-22H2,1-3H3,(H2,49,53)(H,54,57)(H2,48,50,52)/t27?,32-,40-/m1/s1. The second-order valence-corrected chi connectivity index (χ2v) is 15.9. The number of carbonyl (C=O) groups excluding carboxylic acids is 2. The van der Waals surface area contributed by atoms with Gasteiger partial charge in [-0.25, -0.2) is 23.6 Å². The van der Waals surface area contributed by atoms with E-state index in [1.165, 1.54) is 18.2 Å². The second kappa shape index (κ2) is 16.2. The maximum absolute atomic E-state index is 15.1. The number of halogens is 6. The number of nitrogens with zero attached hydrogens (tertiary/aromatic N) is 3. The van der Waals surface area contributed by atoms with E-state index < -0.39 is 65.5 Å². The number of carbonyl (C=O) groups is 2. The molecule has 2 heterocycles. The molecular weight excluding hydrogens is 783 g/mol. The van der Waals surface area contributed by atoms with Crippen LogP contribution >= 0.6 is 11.6 Å². The molecule has 58 heavy (non-hydrogen) atoms. The minimum Gasteiger partial charge on any atom is -0.447 e. The number of nitrogens with one attached hydrogen (secondary N) is 5. The van der Waals surface area contributed by atoms with E-state index in [1.807, 2.05) is 68.6 Å². The second-order valence-electron chi connectivity index (χ2n) is 15.5. The fourth-order valence-electron chi connectivity index (χ4n) is 7.18.